The molecule has 0 aliphatic heterocycles. The number of hydrogen-bond acceptors (Lipinski definition) is 3. The van der Waals surface area contributed by atoms with Crippen molar-refractivity contribution in [2.45, 2.75) is 60.4 Å². The molecule has 0 radical (unpaired) electrons. The smallest absolute Gasteiger partial charge is 0.146 e. The number of Topliss-reactive ketones (excluding diaryl/α,β-unsaturated/α-hetero) is 1. The first-order valence-electron chi connectivity index (χ1n) is 6.15. The van der Waals surface area contributed by atoms with Crippen molar-refractivity contribution in [2.24, 2.45) is 0 Å². The lowest BCUT2D eigenvalue weighted by Crippen LogP contribution is -2.36. The van der Waals surface area contributed by atoms with Crippen LogP contribution in [0.4, 0.5) is 0 Å². The van der Waals surface area contributed by atoms with Crippen LogP contribution in [0.5, 0.6) is 0 Å². The topological polar surface area (TPSA) is 37.4 Å². The van der Waals surface area contributed by atoms with Crippen molar-refractivity contribution in [1.29, 1.82) is 0 Å². The van der Waals surface area contributed by atoms with Gasteiger partial charge in [-0.05, 0) is 33.9 Å². The number of carbonyl (C=O) groups is 2. The summed E-state index contributed by atoms with van der Waals surface area (Å²) in [6, 6.07) is 0.144. The molecule has 3 nitrogen and oxygen atoms in total. The van der Waals surface area contributed by atoms with Crippen LogP contribution >= 0.6 is 0 Å². The number of ketones is 1. The third-order valence-corrected chi connectivity index (χ3v) is 2.06. The number of likely N-dealkylation sites (N-methyl/N-ethyl adjacent to an activating group) is 1. The summed E-state index contributed by atoms with van der Waals surface area (Å²) in [6.07, 6.45) is 2.81. The van der Waals surface area contributed by atoms with E-state index in [0.29, 0.717) is 0 Å². The highest BCUT2D eigenvalue weighted by Crippen LogP contribution is 2.05. The second kappa shape index (κ2) is 16.7. The van der Waals surface area contributed by atoms with Gasteiger partial charge in [0.05, 0.1) is 6.04 Å². The molecule has 0 aromatic carbocycles. The van der Waals surface area contributed by atoms with Crippen molar-refractivity contribution in [2.75, 3.05) is 13.6 Å². The first kappa shape index (κ1) is 20.7. The van der Waals surface area contributed by atoms with Crippen molar-refractivity contribution in [1.82, 2.24) is 4.90 Å². The van der Waals surface area contributed by atoms with Crippen LogP contribution in [0.3, 0.4) is 0 Å². The Kier molecular flexibility index (Phi) is 21.6. The summed E-state index contributed by atoms with van der Waals surface area (Å²) in [5.41, 5.74) is 0. The van der Waals surface area contributed by atoms with E-state index in [0.717, 1.165) is 25.7 Å². The summed E-state index contributed by atoms with van der Waals surface area (Å²) in [5.74, 6) is 0.288. The van der Waals surface area contributed by atoms with Gasteiger partial charge in [-0.25, -0.2) is 0 Å². The van der Waals surface area contributed by atoms with Crippen LogP contribution < -0.4 is 0 Å². The van der Waals surface area contributed by atoms with Crippen LogP contribution in [0.1, 0.15) is 54.4 Å². The summed E-state index contributed by atoms with van der Waals surface area (Å²) < 4.78 is 0. The molecule has 3 heteroatoms. The van der Waals surface area contributed by atoms with Gasteiger partial charge < -0.3 is 4.79 Å². The first-order valence-corrected chi connectivity index (χ1v) is 6.15. The maximum absolute atomic E-state index is 11.1. The maximum Gasteiger partial charge on any atom is 0.146 e. The van der Waals surface area contributed by atoms with E-state index in [2.05, 4.69) is 18.7 Å². The Bertz CT molecular complexity index is 158. The zero-order valence-corrected chi connectivity index (χ0v) is 12.0. The fourth-order valence-corrected chi connectivity index (χ4v) is 1.23. The second-order valence-corrected chi connectivity index (χ2v) is 3.22. The minimum atomic E-state index is 0.144. The van der Waals surface area contributed by atoms with E-state index in [1.807, 2.05) is 20.9 Å². The highest BCUT2D eigenvalue weighted by atomic mass is 16.1. The molecule has 1 atom stereocenters. The van der Waals surface area contributed by atoms with E-state index >= 15 is 0 Å². The lowest BCUT2D eigenvalue weighted by atomic mass is 10.1. The van der Waals surface area contributed by atoms with E-state index in [-0.39, 0.29) is 11.8 Å². The molecule has 0 amide bonds. The molecule has 0 rings (SSSR count). The molecule has 0 heterocycles. The van der Waals surface area contributed by atoms with E-state index in [1.165, 1.54) is 6.92 Å². The number of nitrogens with zero attached hydrogens (tertiary/aromatic N) is 1. The zero-order valence-electron chi connectivity index (χ0n) is 12.0. The van der Waals surface area contributed by atoms with Gasteiger partial charge in [0.25, 0.3) is 0 Å². The summed E-state index contributed by atoms with van der Waals surface area (Å²) in [6.45, 7) is 12.3. The van der Waals surface area contributed by atoms with Gasteiger partial charge >= 0.3 is 0 Å². The Morgan fingerprint density at radius 1 is 1.31 bits per heavy atom. The summed E-state index contributed by atoms with van der Waals surface area (Å²) >= 11 is 0. The number of rotatable bonds is 5. The molecule has 0 aromatic rings. The first-order chi connectivity index (χ1) is 7.54. The molecular formula is C13H29NO2. The molecule has 0 spiro atoms. The van der Waals surface area contributed by atoms with E-state index in [9.17, 15) is 4.79 Å². The summed E-state index contributed by atoms with van der Waals surface area (Å²) in [7, 11) is 2.00. The fraction of sp³-hybridized carbons (Fsp3) is 0.846. The number of hydrogen-bond donors (Lipinski definition) is 0. The van der Waals surface area contributed by atoms with E-state index < -0.39 is 0 Å². The minimum absolute atomic E-state index is 0.144. The largest absolute Gasteiger partial charge is 0.304 e. The Labute approximate surface area is 101 Å². The number of aldehydes is 1. The van der Waals surface area contributed by atoms with Crippen LogP contribution in [0.25, 0.3) is 0 Å². The fourth-order valence-electron chi connectivity index (χ4n) is 1.23. The third-order valence-electron chi connectivity index (χ3n) is 2.06. The molecule has 0 saturated carbocycles. The Morgan fingerprint density at radius 3 is 1.88 bits per heavy atom. The Hall–Kier alpha value is -0.700. The highest BCUT2D eigenvalue weighted by Gasteiger charge is 2.16. The van der Waals surface area contributed by atoms with Gasteiger partial charge in [-0.3, -0.25) is 9.69 Å². The van der Waals surface area contributed by atoms with Gasteiger partial charge in [0.2, 0.25) is 0 Å². The van der Waals surface area contributed by atoms with Gasteiger partial charge in [-0.15, -0.1) is 0 Å². The van der Waals surface area contributed by atoms with Crippen LogP contribution in [0.15, 0.2) is 0 Å². The SMILES string of the molecule is CC.CC=O.CCCC(C(C)=O)N(C)CC. The van der Waals surface area contributed by atoms with Gasteiger partial charge in [0.1, 0.15) is 12.1 Å². The van der Waals surface area contributed by atoms with Gasteiger partial charge in [0.15, 0.2) is 0 Å². The van der Waals surface area contributed by atoms with Crippen LogP contribution in [-0.4, -0.2) is 36.6 Å². The van der Waals surface area contributed by atoms with Crippen molar-refractivity contribution in [3.05, 3.63) is 0 Å². The van der Waals surface area contributed by atoms with Crippen LogP contribution in [-0.2, 0) is 9.59 Å². The van der Waals surface area contributed by atoms with Crippen molar-refractivity contribution >= 4 is 12.1 Å². The zero-order chi connectivity index (χ0) is 13.6. The summed E-state index contributed by atoms with van der Waals surface area (Å²) in [5, 5.41) is 0. The monoisotopic (exact) mass is 231 g/mol. The quantitative estimate of drug-likeness (QED) is 0.683. The maximum atomic E-state index is 11.1. The molecule has 0 saturated heterocycles. The standard InChI is InChI=1S/C9H19NO.C2H4O.C2H6/c1-5-7-9(8(3)11)10(4)6-2;1-2-3;1-2/h9H,5-7H2,1-4H3;2H,1H3;1-2H3. The lowest BCUT2D eigenvalue weighted by Gasteiger charge is -2.23. The van der Waals surface area contributed by atoms with Crippen molar-refractivity contribution < 1.29 is 9.59 Å². The molecule has 0 fully saturated rings. The van der Waals surface area contributed by atoms with Gasteiger partial charge in [-0.2, -0.15) is 0 Å². The highest BCUT2D eigenvalue weighted by molar-refractivity contribution is 5.81. The average molecular weight is 231 g/mol. The normalized spacial score (nSPS) is 10.5. The Balaban J connectivity index is -0.000000289. The predicted molar refractivity (Wildman–Crippen MR) is 70.8 cm³/mol. The third kappa shape index (κ3) is 13.3. The minimum Gasteiger partial charge on any atom is -0.304 e. The van der Waals surface area contributed by atoms with Gasteiger partial charge in [-0.1, -0.05) is 34.1 Å². The second-order valence-electron chi connectivity index (χ2n) is 3.22. The van der Waals surface area contributed by atoms with Crippen molar-refractivity contribution in [3.8, 4) is 0 Å². The molecule has 0 N–H and O–H groups in total. The predicted octanol–water partition coefficient (Wildman–Crippen LogP) is 2.93. The molecule has 1 unspecified atom stereocenters. The van der Waals surface area contributed by atoms with Crippen molar-refractivity contribution in [3.63, 3.8) is 0 Å². The number of carbonyl (C=O) groups excluding carboxylic acids is 2. The van der Waals surface area contributed by atoms with Crippen LogP contribution in [0.2, 0.25) is 0 Å². The molecular weight excluding hydrogens is 202 g/mol. The van der Waals surface area contributed by atoms with Crippen LogP contribution in [0, 0.1) is 0 Å². The molecule has 98 valence electrons. The van der Waals surface area contributed by atoms with E-state index in [4.69, 9.17) is 4.79 Å². The Morgan fingerprint density at radius 2 is 1.69 bits per heavy atom. The average Bonchev–Trinajstić information content (AvgIpc) is 2.28. The summed E-state index contributed by atoms with van der Waals surface area (Å²) in [4.78, 5) is 22.0. The van der Waals surface area contributed by atoms with E-state index in [1.54, 1.807) is 6.92 Å². The molecule has 0 aliphatic carbocycles. The molecule has 0 aliphatic rings. The molecule has 0 bridgehead atoms. The van der Waals surface area contributed by atoms with Gasteiger partial charge in [0, 0.05) is 0 Å². The molecule has 0 aromatic heterocycles. The lowest BCUT2D eigenvalue weighted by molar-refractivity contribution is -0.121. The molecule has 16 heavy (non-hydrogen) atoms.